The van der Waals surface area contributed by atoms with Gasteiger partial charge in [0.05, 0.1) is 4.47 Å². The second-order valence-electron chi connectivity index (χ2n) is 2.71. The highest BCUT2D eigenvalue weighted by Gasteiger charge is 2.29. The highest BCUT2D eigenvalue weighted by atomic mass is 79.9. The van der Waals surface area contributed by atoms with Crippen LogP contribution in [0.15, 0.2) is 16.7 Å². The lowest BCUT2D eigenvalue weighted by Gasteiger charge is -2.10. The first-order valence-corrected chi connectivity index (χ1v) is 5.67. The van der Waals surface area contributed by atoms with Gasteiger partial charge in [-0.1, -0.05) is 13.8 Å². The molecule has 0 saturated heterocycles. The molecule has 0 amide bonds. The molecule has 4 nitrogen and oxygen atoms in total. The van der Waals surface area contributed by atoms with Crippen LogP contribution in [0.2, 0.25) is 0 Å². The Morgan fingerprint density at radius 2 is 2.06 bits per heavy atom. The van der Waals surface area contributed by atoms with Crippen molar-refractivity contribution in [3.05, 3.63) is 22.4 Å². The van der Waals surface area contributed by atoms with Crippen molar-refractivity contribution in [2.45, 2.75) is 20.0 Å². The predicted octanol–water partition coefficient (Wildman–Crippen LogP) is 3.51. The number of halogens is 4. The van der Waals surface area contributed by atoms with E-state index in [0.717, 1.165) is 12.3 Å². The molecule has 102 valence electrons. The predicted molar refractivity (Wildman–Crippen MR) is 61.8 cm³/mol. The summed E-state index contributed by atoms with van der Waals surface area (Å²) >= 11 is 2.90. The van der Waals surface area contributed by atoms with Gasteiger partial charge in [0, 0.05) is 12.3 Å². The number of aromatic nitrogens is 1. The molecule has 1 heterocycles. The van der Waals surface area contributed by atoms with Crippen molar-refractivity contribution in [3.63, 3.8) is 0 Å². The molecular formula is C10H11BrF3NO3. The third-order valence-corrected chi connectivity index (χ3v) is 2.03. The van der Waals surface area contributed by atoms with E-state index in [1.807, 2.05) is 13.8 Å². The molecule has 0 spiro atoms. The molecule has 0 atom stereocenters. The summed E-state index contributed by atoms with van der Waals surface area (Å²) in [5, 5.41) is 8.57. The van der Waals surface area contributed by atoms with Gasteiger partial charge in [-0.2, -0.15) is 13.2 Å². The molecule has 0 aliphatic rings. The van der Waals surface area contributed by atoms with Gasteiger partial charge in [0.2, 0.25) is 0 Å². The number of rotatable bonds is 3. The minimum atomic E-state index is -4.48. The molecule has 18 heavy (non-hydrogen) atoms. The first kappa shape index (κ1) is 16.7. The maximum atomic E-state index is 11.9. The summed E-state index contributed by atoms with van der Waals surface area (Å²) in [4.78, 5) is 14.0. The number of nitrogens with zero attached hydrogens (tertiary/aromatic N) is 1. The van der Waals surface area contributed by atoms with E-state index >= 15 is 0 Å². The fraction of sp³-hybridized carbons (Fsp3) is 0.400. The molecule has 0 saturated carbocycles. The average Bonchev–Trinajstić information content (AvgIpc) is 2.29. The number of hydrogen-bond donors (Lipinski definition) is 1. The fourth-order valence-electron chi connectivity index (χ4n) is 0.807. The Balaban J connectivity index is 0.00000137. The summed E-state index contributed by atoms with van der Waals surface area (Å²) in [5.74, 6) is -1.56. The van der Waals surface area contributed by atoms with E-state index in [1.54, 1.807) is 0 Å². The third kappa shape index (κ3) is 5.85. The van der Waals surface area contributed by atoms with E-state index in [9.17, 15) is 18.0 Å². The largest absolute Gasteiger partial charge is 0.483 e. The molecule has 1 N–H and O–H groups in total. The Morgan fingerprint density at radius 1 is 1.50 bits per heavy atom. The van der Waals surface area contributed by atoms with E-state index < -0.39 is 18.8 Å². The third-order valence-electron chi connectivity index (χ3n) is 1.43. The van der Waals surface area contributed by atoms with Crippen LogP contribution in [0.25, 0.3) is 0 Å². The number of pyridine rings is 1. The highest BCUT2D eigenvalue weighted by molar-refractivity contribution is 9.10. The monoisotopic (exact) mass is 329 g/mol. The number of hydrogen-bond acceptors (Lipinski definition) is 3. The molecular weight excluding hydrogens is 319 g/mol. The molecule has 0 unspecified atom stereocenters. The zero-order chi connectivity index (χ0) is 14.3. The second-order valence-corrected chi connectivity index (χ2v) is 3.56. The van der Waals surface area contributed by atoms with Gasteiger partial charge < -0.3 is 9.84 Å². The average molecular weight is 330 g/mol. The van der Waals surface area contributed by atoms with Crippen LogP contribution in [0.3, 0.4) is 0 Å². The number of carboxylic acids is 1. The number of carbonyl (C=O) groups is 1. The first-order valence-electron chi connectivity index (χ1n) is 4.88. The normalized spacial score (nSPS) is 10.3. The quantitative estimate of drug-likeness (QED) is 0.921. The summed E-state index contributed by atoms with van der Waals surface area (Å²) in [6.07, 6.45) is -3.42. The molecule has 0 bridgehead atoms. The standard InChI is InChI=1S/C8H5BrF3NO3.C2H6/c9-4-2-13-5(7(14)15)1-6(4)16-3-8(10,11)12;1-2/h1-2H,3H2,(H,14,15);1-2H3. The number of carboxylic acid groups (broad SMARTS) is 1. The summed E-state index contributed by atoms with van der Waals surface area (Å²) in [7, 11) is 0. The Labute approximate surface area is 110 Å². The van der Waals surface area contributed by atoms with E-state index in [0.29, 0.717) is 0 Å². The number of alkyl halides is 3. The van der Waals surface area contributed by atoms with Gasteiger partial charge in [-0.15, -0.1) is 0 Å². The molecule has 0 aliphatic heterocycles. The van der Waals surface area contributed by atoms with Crippen molar-refractivity contribution in [1.82, 2.24) is 4.98 Å². The first-order chi connectivity index (χ1) is 8.29. The molecule has 0 aromatic carbocycles. The molecule has 1 rings (SSSR count). The van der Waals surface area contributed by atoms with Crippen LogP contribution in [0.1, 0.15) is 24.3 Å². The Hall–Kier alpha value is -1.31. The lowest BCUT2D eigenvalue weighted by Crippen LogP contribution is -2.19. The maximum absolute atomic E-state index is 11.9. The summed E-state index contributed by atoms with van der Waals surface area (Å²) in [6, 6.07) is 0.915. The van der Waals surface area contributed by atoms with E-state index in [4.69, 9.17) is 5.11 Å². The van der Waals surface area contributed by atoms with Gasteiger partial charge in [-0.25, -0.2) is 9.78 Å². The van der Waals surface area contributed by atoms with Crippen LogP contribution in [0.4, 0.5) is 13.2 Å². The maximum Gasteiger partial charge on any atom is 0.422 e. The smallest absolute Gasteiger partial charge is 0.422 e. The van der Waals surface area contributed by atoms with Crippen LogP contribution in [0.5, 0.6) is 5.75 Å². The molecule has 8 heteroatoms. The Morgan fingerprint density at radius 3 is 2.50 bits per heavy atom. The molecule has 0 fully saturated rings. The van der Waals surface area contributed by atoms with Crippen molar-refractivity contribution in [1.29, 1.82) is 0 Å². The van der Waals surface area contributed by atoms with Gasteiger partial charge in [0.1, 0.15) is 5.75 Å². The van der Waals surface area contributed by atoms with Gasteiger partial charge in [0.25, 0.3) is 0 Å². The van der Waals surface area contributed by atoms with Gasteiger partial charge in [-0.05, 0) is 15.9 Å². The van der Waals surface area contributed by atoms with Crippen LogP contribution >= 0.6 is 15.9 Å². The van der Waals surface area contributed by atoms with Crippen LogP contribution < -0.4 is 4.74 Å². The number of ether oxygens (including phenoxy) is 1. The lowest BCUT2D eigenvalue weighted by molar-refractivity contribution is -0.153. The zero-order valence-corrected chi connectivity index (χ0v) is 11.2. The van der Waals surface area contributed by atoms with Crippen molar-refractivity contribution < 1.29 is 27.8 Å². The highest BCUT2D eigenvalue weighted by Crippen LogP contribution is 2.26. The fourth-order valence-corrected chi connectivity index (χ4v) is 1.14. The Bertz CT molecular complexity index is 410. The van der Waals surface area contributed by atoms with Gasteiger partial charge in [-0.3, -0.25) is 0 Å². The van der Waals surface area contributed by atoms with E-state index in [1.165, 1.54) is 0 Å². The topological polar surface area (TPSA) is 59.4 Å². The summed E-state index contributed by atoms with van der Waals surface area (Å²) in [6.45, 7) is 2.51. The van der Waals surface area contributed by atoms with Crippen LogP contribution in [0, 0.1) is 0 Å². The minimum Gasteiger partial charge on any atom is -0.483 e. The van der Waals surface area contributed by atoms with Gasteiger partial charge in [0.15, 0.2) is 12.3 Å². The zero-order valence-electron chi connectivity index (χ0n) is 9.58. The second kappa shape index (κ2) is 7.20. The van der Waals surface area contributed by atoms with Crippen LogP contribution in [-0.4, -0.2) is 28.8 Å². The van der Waals surface area contributed by atoms with E-state index in [2.05, 4.69) is 25.7 Å². The van der Waals surface area contributed by atoms with E-state index in [-0.39, 0.29) is 15.9 Å². The summed E-state index contributed by atoms with van der Waals surface area (Å²) < 4.78 is 40.2. The van der Waals surface area contributed by atoms with Crippen LogP contribution in [-0.2, 0) is 0 Å². The SMILES string of the molecule is CC.O=C(O)c1cc(OCC(F)(F)F)c(Br)cn1. The van der Waals surface area contributed by atoms with Crippen molar-refractivity contribution in [2.24, 2.45) is 0 Å². The molecule has 0 radical (unpaired) electrons. The Kier molecular flexibility index (Phi) is 6.67. The van der Waals surface area contributed by atoms with Crippen molar-refractivity contribution >= 4 is 21.9 Å². The molecule has 0 aliphatic carbocycles. The van der Waals surface area contributed by atoms with Crippen molar-refractivity contribution in [2.75, 3.05) is 6.61 Å². The summed E-state index contributed by atoms with van der Waals surface area (Å²) in [5.41, 5.74) is -0.389. The molecule has 1 aromatic rings. The van der Waals surface area contributed by atoms with Gasteiger partial charge >= 0.3 is 12.1 Å². The minimum absolute atomic E-state index is 0.154. The van der Waals surface area contributed by atoms with Crippen molar-refractivity contribution in [3.8, 4) is 5.75 Å². The lowest BCUT2D eigenvalue weighted by atomic mass is 10.3. The number of aromatic carboxylic acids is 1. The molecule has 1 aromatic heterocycles.